The molecule has 9 heteroatoms. The second kappa shape index (κ2) is 7.27. The van der Waals surface area contributed by atoms with Gasteiger partial charge in [0.15, 0.2) is 0 Å². The van der Waals surface area contributed by atoms with E-state index < -0.39 is 11.2 Å². The highest BCUT2D eigenvalue weighted by atomic mass is 35.5. The molecule has 0 saturated heterocycles. The molecule has 154 valence electrons. The molecule has 0 atom stereocenters. The molecule has 2 aromatic heterocycles. The van der Waals surface area contributed by atoms with Crippen molar-refractivity contribution in [1.82, 2.24) is 13.7 Å². The van der Waals surface area contributed by atoms with Gasteiger partial charge in [-0.2, -0.15) is 0 Å². The van der Waals surface area contributed by atoms with Gasteiger partial charge in [0.2, 0.25) is 0 Å². The fourth-order valence-corrected chi connectivity index (χ4v) is 3.96. The van der Waals surface area contributed by atoms with Gasteiger partial charge in [-0.3, -0.25) is 13.9 Å². The molecular formula is C21H18Cl2N4O3. The van der Waals surface area contributed by atoms with Crippen LogP contribution in [0.4, 0.5) is 5.69 Å². The van der Waals surface area contributed by atoms with Gasteiger partial charge in [-0.25, -0.2) is 4.79 Å². The van der Waals surface area contributed by atoms with Gasteiger partial charge in [-0.15, -0.1) is 0 Å². The lowest BCUT2D eigenvalue weighted by Crippen LogP contribution is -2.36. The van der Waals surface area contributed by atoms with Crippen LogP contribution >= 0.6 is 23.2 Å². The van der Waals surface area contributed by atoms with Crippen molar-refractivity contribution in [1.29, 1.82) is 0 Å². The van der Waals surface area contributed by atoms with Gasteiger partial charge >= 0.3 is 5.69 Å². The molecule has 4 aromatic rings. The van der Waals surface area contributed by atoms with Gasteiger partial charge < -0.3 is 15.0 Å². The maximum Gasteiger partial charge on any atom is 0.330 e. The number of aryl methyl sites for hydroxylation is 1. The van der Waals surface area contributed by atoms with Crippen LogP contribution in [0.25, 0.3) is 27.8 Å². The number of hydrogen-bond acceptors (Lipinski definition) is 4. The topological polar surface area (TPSA) is 84.2 Å². The van der Waals surface area contributed by atoms with Crippen LogP contribution in [-0.4, -0.2) is 20.8 Å². The molecule has 0 aliphatic rings. The van der Waals surface area contributed by atoms with Gasteiger partial charge in [0.25, 0.3) is 5.56 Å². The summed E-state index contributed by atoms with van der Waals surface area (Å²) >= 11 is 12.5. The molecule has 0 aliphatic heterocycles. The van der Waals surface area contributed by atoms with Crippen molar-refractivity contribution in [3.63, 3.8) is 0 Å². The van der Waals surface area contributed by atoms with Crippen molar-refractivity contribution in [2.45, 2.75) is 0 Å². The minimum Gasteiger partial charge on any atom is -0.497 e. The number of halogens is 2. The van der Waals surface area contributed by atoms with E-state index in [0.717, 1.165) is 10.1 Å². The van der Waals surface area contributed by atoms with Crippen molar-refractivity contribution in [3.8, 4) is 22.7 Å². The monoisotopic (exact) mass is 444 g/mol. The van der Waals surface area contributed by atoms with Gasteiger partial charge in [0, 0.05) is 26.0 Å². The van der Waals surface area contributed by atoms with E-state index in [9.17, 15) is 9.59 Å². The zero-order chi connectivity index (χ0) is 21.7. The third kappa shape index (κ3) is 2.98. The Labute approximate surface area is 181 Å². The molecule has 0 bridgehead atoms. The first-order valence-electron chi connectivity index (χ1n) is 8.95. The summed E-state index contributed by atoms with van der Waals surface area (Å²) < 4.78 is 9.54. The molecule has 7 nitrogen and oxygen atoms in total. The first-order valence-corrected chi connectivity index (χ1v) is 9.70. The summed E-state index contributed by atoms with van der Waals surface area (Å²) in [5.74, 6) is 0.681. The number of methoxy groups -OCH3 is 1. The highest BCUT2D eigenvalue weighted by Crippen LogP contribution is 2.36. The van der Waals surface area contributed by atoms with E-state index in [1.54, 1.807) is 49.2 Å². The average Bonchev–Trinajstić information content (AvgIpc) is 3.15. The van der Waals surface area contributed by atoms with Crippen LogP contribution in [-0.2, 0) is 14.1 Å². The van der Waals surface area contributed by atoms with Gasteiger partial charge in [0.1, 0.15) is 5.75 Å². The molecule has 2 N–H and O–H groups in total. The predicted octanol–water partition coefficient (Wildman–Crippen LogP) is 3.59. The second-order valence-corrected chi connectivity index (χ2v) is 7.68. The molecule has 2 aromatic carbocycles. The van der Waals surface area contributed by atoms with Crippen LogP contribution in [0.1, 0.15) is 0 Å². The van der Waals surface area contributed by atoms with Crippen molar-refractivity contribution >= 4 is 39.8 Å². The number of rotatable bonds is 3. The summed E-state index contributed by atoms with van der Waals surface area (Å²) in [5, 5.41) is 0.976. The fraction of sp³-hybridized carbons (Fsp3) is 0.143. The summed E-state index contributed by atoms with van der Waals surface area (Å²) in [6.45, 7) is 0. The number of anilines is 1. The van der Waals surface area contributed by atoms with Gasteiger partial charge in [-0.05, 0) is 42.0 Å². The van der Waals surface area contributed by atoms with Crippen molar-refractivity contribution in [3.05, 3.63) is 73.5 Å². The Hall–Kier alpha value is -3.16. The number of benzene rings is 2. The Bertz CT molecular complexity index is 1390. The highest BCUT2D eigenvalue weighted by molar-refractivity contribution is 6.39. The molecule has 0 saturated carbocycles. The largest absolute Gasteiger partial charge is 0.497 e. The molecule has 0 unspecified atom stereocenters. The SMILES string of the molecule is COc1ccc(-c2c3c(=O)n(C)c(=O)n(C)c3cn2-c2cc(Cl)c(N)c(Cl)c2)cc1. The van der Waals surface area contributed by atoms with Crippen LogP contribution in [0.15, 0.2) is 52.2 Å². The zero-order valence-electron chi connectivity index (χ0n) is 16.4. The fourth-order valence-electron chi connectivity index (χ4n) is 3.49. The molecule has 0 radical (unpaired) electrons. The Morgan fingerprint density at radius 1 is 0.967 bits per heavy atom. The smallest absolute Gasteiger partial charge is 0.330 e. The van der Waals surface area contributed by atoms with Crippen LogP contribution in [0.2, 0.25) is 10.0 Å². The van der Waals surface area contributed by atoms with Crippen LogP contribution in [0.3, 0.4) is 0 Å². The Kier molecular flexibility index (Phi) is 4.88. The predicted molar refractivity (Wildman–Crippen MR) is 120 cm³/mol. The summed E-state index contributed by atoms with van der Waals surface area (Å²) in [7, 11) is 4.66. The summed E-state index contributed by atoms with van der Waals surface area (Å²) in [6, 6.07) is 10.6. The van der Waals surface area contributed by atoms with E-state index in [0.29, 0.717) is 28.0 Å². The average molecular weight is 445 g/mol. The van der Waals surface area contributed by atoms with E-state index in [1.165, 1.54) is 11.6 Å². The molecular weight excluding hydrogens is 427 g/mol. The lowest BCUT2D eigenvalue weighted by atomic mass is 10.1. The Morgan fingerprint density at radius 3 is 2.13 bits per heavy atom. The standard InChI is InChI=1S/C21H18Cl2N4O3/c1-25-16-10-27(12-8-14(22)18(24)15(23)9-12)19(11-4-6-13(30-3)7-5-11)17(16)20(28)26(2)21(25)29/h4-10H,24H2,1-3H3. The van der Waals surface area contributed by atoms with Crippen molar-refractivity contribution in [2.24, 2.45) is 14.1 Å². The zero-order valence-corrected chi connectivity index (χ0v) is 18.0. The molecule has 2 heterocycles. The number of nitrogens with two attached hydrogens (primary N) is 1. The highest BCUT2D eigenvalue weighted by Gasteiger charge is 2.21. The van der Waals surface area contributed by atoms with Gasteiger partial charge in [0.05, 0.1) is 39.4 Å². The van der Waals surface area contributed by atoms with Crippen LogP contribution in [0, 0.1) is 0 Å². The lowest BCUT2D eigenvalue weighted by molar-refractivity contribution is 0.415. The normalized spacial score (nSPS) is 11.2. The van der Waals surface area contributed by atoms with E-state index in [4.69, 9.17) is 33.7 Å². The first kappa shape index (κ1) is 20.1. The molecule has 0 aliphatic carbocycles. The minimum absolute atomic E-state index is 0.271. The Balaban J connectivity index is 2.17. The lowest BCUT2D eigenvalue weighted by Gasteiger charge is -2.13. The Morgan fingerprint density at radius 2 is 1.57 bits per heavy atom. The molecule has 0 amide bonds. The summed E-state index contributed by atoms with van der Waals surface area (Å²) in [5.41, 5.74) is 7.79. The van der Waals surface area contributed by atoms with E-state index >= 15 is 0 Å². The second-order valence-electron chi connectivity index (χ2n) is 6.87. The summed E-state index contributed by atoms with van der Waals surface area (Å²) in [6.07, 6.45) is 1.72. The number of ether oxygens (including phenoxy) is 1. The quantitative estimate of drug-likeness (QED) is 0.489. The maximum atomic E-state index is 13.1. The number of fused-ring (bicyclic) bond motifs is 1. The van der Waals surface area contributed by atoms with E-state index in [-0.39, 0.29) is 15.7 Å². The molecule has 4 rings (SSSR count). The van der Waals surface area contributed by atoms with Crippen molar-refractivity contribution in [2.75, 3.05) is 12.8 Å². The third-order valence-electron chi connectivity index (χ3n) is 5.14. The van der Waals surface area contributed by atoms with Crippen LogP contribution in [0.5, 0.6) is 5.75 Å². The molecule has 0 fully saturated rings. The number of nitrogens with zero attached hydrogens (tertiary/aromatic N) is 3. The van der Waals surface area contributed by atoms with Gasteiger partial charge in [-0.1, -0.05) is 23.2 Å². The van der Waals surface area contributed by atoms with Crippen LogP contribution < -0.4 is 21.7 Å². The van der Waals surface area contributed by atoms with Crippen molar-refractivity contribution < 1.29 is 4.74 Å². The van der Waals surface area contributed by atoms with E-state index in [2.05, 4.69) is 0 Å². The minimum atomic E-state index is -0.417. The molecule has 0 spiro atoms. The third-order valence-corrected chi connectivity index (χ3v) is 5.77. The number of aromatic nitrogens is 3. The maximum absolute atomic E-state index is 13.1. The number of nitrogen functional groups attached to an aromatic ring is 1. The number of hydrogen-bond donors (Lipinski definition) is 1. The first-order chi connectivity index (χ1) is 14.2. The van der Waals surface area contributed by atoms with E-state index in [1.807, 2.05) is 12.1 Å². The molecule has 30 heavy (non-hydrogen) atoms. The summed E-state index contributed by atoms with van der Waals surface area (Å²) in [4.78, 5) is 25.6.